The molecule has 1 aromatic heterocycles. The second-order valence-corrected chi connectivity index (χ2v) is 4.69. The van der Waals surface area contributed by atoms with Crippen LogP contribution in [0.4, 0.5) is 5.95 Å². The zero-order valence-electron chi connectivity index (χ0n) is 11.6. The van der Waals surface area contributed by atoms with E-state index in [0.29, 0.717) is 24.5 Å². The number of rotatable bonds is 5. The fraction of sp³-hybridized carbons (Fsp3) is 0.267. The van der Waals surface area contributed by atoms with Crippen molar-refractivity contribution >= 4 is 11.9 Å². The first-order valence-corrected chi connectivity index (χ1v) is 6.39. The van der Waals surface area contributed by atoms with Crippen molar-refractivity contribution in [2.24, 2.45) is 0 Å². The van der Waals surface area contributed by atoms with Gasteiger partial charge in [-0.25, -0.2) is 14.8 Å². The highest BCUT2D eigenvalue weighted by atomic mass is 16.4. The van der Waals surface area contributed by atoms with Crippen LogP contribution in [0.2, 0.25) is 0 Å². The summed E-state index contributed by atoms with van der Waals surface area (Å²) < 4.78 is 0. The van der Waals surface area contributed by atoms with Crippen molar-refractivity contribution in [1.29, 1.82) is 0 Å². The van der Waals surface area contributed by atoms with Crippen LogP contribution in [0.1, 0.15) is 21.5 Å². The molecule has 0 bridgehead atoms. The third-order valence-corrected chi connectivity index (χ3v) is 3.07. The van der Waals surface area contributed by atoms with Crippen molar-refractivity contribution in [2.75, 3.05) is 18.5 Å². The van der Waals surface area contributed by atoms with E-state index in [0.717, 1.165) is 11.1 Å². The molecule has 5 nitrogen and oxygen atoms in total. The molecule has 5 heteroatoms. The Hall–Kier alpha value is -2.43. The molecule has 1 heterocycles. The highest BCUT2D eigenvalue weighted by molar-refractivity contribution is 5.89. The predicted octanol–water partition coefficient (Wildman–Crippen LogP) is 2.16. The third-order valence-electron chi connectivity index (χ3n) is 3.07. The van der Waals surface area contributed by atoms with Crippen molar-refractivity contribution in [3.63, 3.8) is 0 Å². The maximum absolute atomic E-state index is 11.1. The number of benzene rings is 1. The summed E-state index contributed by atoms with van der Waals surface area (Å²) in [7, 11) is 1.90. The zero-order chi connectivity index (χ0) is 14.5. The average molecular weight is 271 g/mol. The van der Waals surface area contributed by atoms with Crippen molar-refractivity contribution in [1.82, 2.24) is 9.97 Å². The molecule has 2 aromatic rings. The van der Waals surface area contributed by atoms with Crippen LogP contribution in [0, 0.1) is 6.92 Å². The molecular weight excluding hydrogens is 254 g/mol. The number of aryl methyl sites for hydroxylation is 1. The van der Waals surface area contributed by atoms with Gasteiger partial charge in [0.15, 0.2) is 0 Å². The highest BCUT2D eigenvalue weighted by Gasteiger charge is 2.10. The molecule has 20 heavy (non-hydrogen) atoms. The number of aromatic nitrogens is 2. The van der Waals surface area contributed by atoms with Crippen LogP contribution in [0.15, 0.2) is 36.7 Å². The van der Waals surface area contributed by atoms with E-state index in [1.807, 2.05) is 31.0 Å². The minimum Gasteiger partial charge on any atom is -0.478 e. The summed E-state index contributed by atoms with van der Waals surface area (Å²) in [4.78, 5) is 21.5. The molecule has 0 atom stereocenters. The van der Waals surface area contributed by atoms with Crippen LogP contribution in [0.25, 0.3) is 0 Å². The summed E-state index contributed by atoms with van der Waals surface area (Å²) in [6.45, 7) is 2.60. The number of carboxylic acids is 1. The lowest BCUT2D eigenvalue weighted by Crippen LogP contribution is -2.23. The van der Waals surface area contributed by atoms with E-state index in [4.69, 9.17) is 5.11 Å². The van der Waals surface area contributed by atoms with E-state index >= 15 is 0 Å². The van der Waals surface area contributed by atoms with Crippen LogP contribution in [0.3, 0.4) is 0 Å². The Morgan fingerprint density at radius 2 is 1.90 bits per heavy atom. The van der Waals surface area contributed by atoms with Crippen molar-refractivity contribution in [2.45, 2.75) is 13.3 Å². The quantitative estimate of drug-likeness (QED) is 0.902. The van der Waals surface area contributed by atoms with Gasteiger partial charge < -0.3 is 10.0 Å². The number of nitrogens with zero attached hydrogens (tertiary/aromatic N) is 3. The molecule has 0 aliphatic rings. The van der Waals surface area contributed by atoms with Crippen LogP contribution in [-0.2, 0) is 6.42 Å². The third kappa shape index (κ3) is 3.32. The van der Waals surface area contributed by atoms with Crippen LogP contribution >= 0.6 is 0 Å². The number of carbonyl (C=O) groups is 1. The van der Waals surface area contributed by atoms with Crippen molar-refractivity contribution in [3.8, 4) is 0 Å². The van der Waals surface area contributed by atoms with E-state index in [1.54, 1.807) is 24.5 Å². The second-order valence-electron chi connectivity index (χ2n) is 4.69. The van der Waals surface area contributed by atoms with Gasteiger partial charge in [-0.15, -0.1) is 0 Å². The van der Waals surface area contributed by atoms with Gasteiger partial charge >= 0.3 is 5.97 Å². The Kier molecular flexibility index (Phi) is 4.30. The summed E-state index contributed by atoms with van der Waals surface area (Å²) in [5, 5.41) is 9.14. The SMILES string of the molecule is Cc1cnc(N(C)CCc2ccccc2C(=O)O)nc1. The molecule has 2 rings (SSSR count). The number of aromatic carboxylic acids is 1. The molecule has 0 aliphatic heterocycles. The molecule has 0 amide bonds. The Morgan fingerprint density at radius 1 is 1.25 bits per heavy atom. The number of anilines is 1. The van der Waals surface area contributed by atoms with Crippen molar-refractivity contribution in [3.05, 3.63) is 53.3 Å². The summed E-state index contributed by atoms with van der Waals surface area (Å²) in [5.74, 6) is -0.252. The maximum Gasteiger partial charge on any atom is 0.335 e. The van der Waals surface area contributed by atoms with E-state index in [-0.39, 0.29) is 0 Å². The predicted molar refractivity (Wildman–Crippen MR) is 77.1 cm³/mol. The Balaban J connectivity index is 2.05. The van der Waals surface area contributed by atoms with Gasteiger partial charge in [0, 0.05) is 26.0 Å². The van der Waals surface area contributed by atoms with E-state index < -0.39 is 5.97 Å². The zero-order valence-corrected chi connectivity index (χ0v) is 11.6. The van der Waals surface area contributed by atoms with Gasteiger partial charge in [0.1, 0.15) is 0 Å². The maximum atomic E-state index is 11.1. The van der Waals surface area contributed by atoms with Crippen LogP contribution in [0.5, 0.6) is 0 Å². The Morgan fingerprint density at radius 3 is 2.55 bits per heavy atom. The Labute approximate surface area is 117 Å². The molecular formula is C15H17N3O2. The molecule has 0 unspecified atom stereocenters. The summed E-state index contributed by atoms with van der Waals surface area (Å²) >= 11 is 0. The Bertz CT molecular complexity index is 596. The van der Waals surface area contributed by atoms with Gasteiger partial charge in [-0.1, -0.05) is 18.2 Å². The van der Waals surface area contributed by atoms with Crippen LogP contribution < -0.4 is 4.90 Å². The monoisotopic (exact) mass is 271 g/mol. The first-order chi connectivity index (χ1) is 9.58. The normalized spacial score (nSPS) is 10.3. The van der Waals surface area contributed by atoms with Gasteiger partial charge in [-0.05, 0) is 30.5 Å². The van der Waals surface area contributed by atoms with Gasteiger partial charge in [0.05, 0.1) is 5.56 Å². The van der Waals surface area contributed by atoms with E-state index in [1.165, 1.54) is 0 Å². The summed E-state index contributed by atoms with van der Waals surface area (Å²) in [5.41, 5.74) is 2.18. The molecule has 104 valence electrons. The number of likely N-dealkylation sites (N-methyl/N-ethyl adjacent to an activating group) is 1. The largest absolute Gasteiger partial charge is 0.478 e. The lowest BCUT2D eigenvalue weighted by Gasteiger charge is -2.17. The molecule has 0 spiro atoms. The number of hydrogen-bond acceptors (Lipinski definition) is 4. The molecule has 0 fully saturated rings. The second kappa shape index (κ2) is 6.14. The molecule has 1 N–H and O–H groups in total. The lowest BCUT2D eigenvalue weighted by atomic mass is 10.0. The fourth-order valence-corrected chi connectivity index (χ4v) is 1.92. The number of carboxylic acid groups (broad SMARTS) is 1. The van der Waals surface area contributed by atoms with E-state index in [2.05, 4.69) is 9.97 Å². The van der Waals surface area contributed by atoms with Crippen LogP contribution in [-0.4, -0.2) is 34.6 Å². The van der Waals surface area contributed by atoms with Gasteiger partial charge in [-0.2, -0.15) is 0 Å². The molecule has 0 saturated heterocycles. The van der Waals surface area contributed by atoms with Gasteiger partial charge in [0.25, 0.3) is 0 Å². The van der Waals surface area contributed by atoms with Gasteiger partial charge in [0.2, 0.25) is 5.95 Å². The smallest absolute Gasteiger partial charge is 0.335 e. The summed E-state index contributed by atoms with van der Waals surface area (Å²) in [6.07, 6.45) is 4.17. The van der Waals surface area contributed by atoms with Gasteiger partial charge in [-0.3, -0.25) is 0 Å². The fourth-order valence-electron chi connectivity index (χ4n) is 1.92. The molecule has 0 saturated carbocycles. The van der Waals surface area contributed by atoms with E-state index in [9.17, 15) is 4.79 Å². The lowest BCUT2D eigenvalue weighted by molar-refractivity contribution is 0.0695. The van der Waals surface area contributed by atoms with Crippen molar-refractivity contribution < 1.29 is 9.90 Å². The topological polar surface area (TPSA) is 66.3 Å². The summed E-state index contributed by atoms with van der Waals surface area (Å²) in [6, 6.07) is 7.05. The minimum absolute atomic E-state index is 0.353. The molecule has 1 aromatic carbocycles. The molecule has 0 aliphatic carbocycles. The number of hydrogen-bond donors (Lipinski definition) is 1. The first-order valence-electron chi connectivity index (χ1n) is 6.39. The first kappa shape index (κ1) is 14.0. The minimum atomic E-state index is -0.894. The molecule has 0 radical (unpaired) electrons. The highest BCUT2D eigenvalue weighted by Crippen LogP contribution is 2.11. The standard InChI is InChI=1S/C15H17N3O2/c1-11-9-16-15(17-10-11)18(2)8-7-12-5-3-4-6-13(12)14(19)20/h3-6,9-10H,7-8H2,1-2H3,(H,19,20). The average Bonchev–Trinajstić information content (AvgIpc) is 2.45.